The molecule has 0 saturated carbocycles. The van der Waals surface area contributed by atoms with Gasteiger partial charge >= 0.3 is 6.18 Å². The second-order valence-electron chi connectivity index (χ2n) is 3.31. The fourth-order valence-corrected chi connectivity index (χ4v) is 2.66. The average Bonchev–Trinajstić information content (AvgIpc) is 2.58. The minimum atomic E-state index is -4.34. The number of benzene rings is 1. The Morgan fingerprint density at radius 2 is 2.06 bits per heavy atom. The lowest BCUT2D eigenvalue weighted by Gasteiger charge is -2.06. The summed E-state index contributed by atoms with van der Waals surface area (Å²) >= 11 is 1.02. The van der Waals surface area contributed by atoms with Crippen molar-refractivity contribution in [1.29, 1.82) is 0 Å². The molecule has 1 aromatic heterocycles. The van der Waals surface area contributed by atoms with Gasteiger partial charge in [0, 0.05) is 16.0 Å². The predicted octanol–water partition coefficient (Wildman–Crippen LogP) is 3.66. The highest BCUT2D eigenvalue weighted by molar-refractivity contribution is 7.19. The summed E-state index contributed by atoms with van der Waals surface area (Å²) < 4.78 is 38.2. The molecule has 0 amide bonds. The van der Waals surface area contributed by atoms with Gasteiger partial charge in [0.25, 0.3) is 0 Å². The summed E-state index contributed by atoms with van der Waals surface area (Å²) in [5.74, 6) is 0. The number of thiophene rings is 1. The largest absolute Gasteiger partial charge is 0.417 e. The number of rotatable bonds is 2. The molecule has 84 valence electrons. The van der Waals surface area contributed by atoms with Gasteiger partial charge in [-0.25, -0.2) is 0 Å². The Labute approximate surface area is 93.5 Å². The summed E-state index contributed by atoms with van der Waals surface area (Å²) in [5, 5.41) is 0.539. The summed E-state index contributed by atoms with van der Waals surface area (Å²) in [7, 11) is 0. The highest BCUT2D eigenvalue weighted by Gasteiger charge is 2.33. The van der Waals surface area contributed by atoms with E-state index >= 15 is 0 Å². The van der Waals surface area contributed by atoms with Gasteiger partial charge in [0.1, 0.15) is 6.29 Å². The Bertz CT molecular complexity index is 527. The highest BCUT2D eigenvalue weighted by atomic mass is 32.1. The zero-order chi connectivity index (χ0) is 11.8. The van der Waals surface area contributed by atoms with E-state index < -0.39 is 11.7 Å². The quantitative estimate of drug-likeness (QED) is 0.737. The van der Waals surface area contributed by atoms with Gasteiger partial charge in [-0.3, -0.25) is 0 Å². The number of aldehydes is 1. The molecule has 2 aromatic rings. The van der Waals surface area contributed by atoms with E-state index in [1.807, 2.05) is 0 Å². The summed E-state index contributed by atoms with van der Waals surface area (Å²) in [6.07, 6.45) is -3.49. The zero-order valence-electron chi connectivity index (χ0n) is 8.04. The van der Waals surface area contributed by atoms with Crippen LogP contribution in [0.5, 0.6) is 0 Å². The number of alkyl halides is 3. The fourth-order valence-electron chi connectivity index (χ4n) is 1.52. The van der Waals surface area contributed by atoms with Crippen LogP contribution in [0.15, 0.2) is 24.3 Å². The molecular weight excluding hydrogens is 237 g/mol. The van der Waals surface area contributed by atoms with Crippen molar-refractivity contribution in [2.24, 2.45) is 0 Å². The number of fused-ring (bicyclic) bond motifs is 1. The number of carbonyl (C=O) groups is 1. The summed E-state index contributed by atoms with van der Waals surface area (Å²) in [6.45, 7) is 0. The molecule has 0 atom stereocenters. The van der Waals surface area contributed by atoms with Gasteiger partial charge in [-0.05, 0) is 17.5 Å². The number of halogens is 3. The first kappa shape index (κ1) is 11.1. The van der Waals surface area contributed by atoms with Gasteiger partial charge in [-0.15, -0.1) is 11.3 Å². The molecule has 2 rings (SSSR count). The molecule has 1 nitrogen and oxygen atoms in total. The van der Waals surface area contributed by atoms with Gasteiger partial charge in [0.2, 0.25) is 0 Å². The van der Waals surface area contributed by atoms with E-state index in [0.717, 1.165) is 17.4 Å². The monoisotopic (exact) mass is 244 g/mol. The molecule has 0 aliphatic rings. The van der Waals surface area contributed by atoms with Gasteiger partial charge in [0.15, 0.2) is 0 Å². The topological polar surface area (TPSA) is 17.1 Å². The van der Waals surface area contributed by atoms with Crippen molar-refractivity contribution in [3.05, 3.63) is 34.7 Å². The third kappa shape index (κ3) is 1.95. The molecule has 0 saturated heterocycles. The van der Waals surface area contributed by atoms with Crippen LogP contribution in [-0.2, 0) is 17.4 Å². The minimum absolute atomic E-state index is 0.163. The molecule has 0 radical (unpaired) electrons. The van der Waals surface area contributed by atoms with Crippen molar-refractivity contribution >= 4 is 27.7 Å². The van der Waals surface area contributed by atoms with Crippen molar-refractivity contribution in [3.63, 3.8) is 0 Å². The van der Waals surface area contributed by atoms with E-state index in [1.54, 1.807) is 12.1 Å². The van der Waals surface area contributed by atoms with E-state index in [9.17, 15) is 18.0 Å². The maximum absolute atomic E-state index is 12.7. The van der Waals surface area contributed by atoms with E-state index in [4.69, 9.17) is 0 Å². The molecule has 0 aliphatic carbocycles. The molecule has 1 aromatic carbocycles. The molecule has 0 N–H and O–H groups in total. The Balaban J connectivity index is 2.63. The molecule has 16 heavy (non-hydrogen) atoms. The van der Waals surface area contributed by atoms with Crippen LogP contribution in [0.2, 0.25) is 0 Å². The standard InChI is InChI=1S/C11H7F3OS/c12-11(13,14)9-3-1-2-7-6-8(4-5-15)16-10(7)9/h1-3,5-6H,4H2. The molecule has 5 heteroatoms. The third-order valence-electron chi connectivity index (χ3n) is 2.19. The first-order valence-electron chi connectivity index (χ1n) is 4.54. The van der Waals surface area contributed by atoms with Crippen LogP contribution < -0.4 is 0 Å². The summed E-state index contributed by atoms with van der Waals surface area (Å²) in [5.41, 5.74) is -0.632. The van der Waals surface area contributed by atoms with E-state index in [2.05, 4.69) is 0 Å². The van der Waals surface area contributed by atoms with E-state index in [1.165, 1.54) is 6.07 Å². The van der Waals surface area contributed by atoms with Crippen molar-refractivity contribution in [2.45, 2.75) is 12.6 Å². The van der Waals surface area contributed by atoms with Crippen LogP contribution in [0, 0.1) is 0 Å². The van der Waals surface area contributed by atoms with E-state index in [0.29, 0.717) is 16.5 Å². The van der Waals surface area contributed by atoms with Crippen molar-refractivity contribution < 1.29 is 18.0 Å². The Kier molecular flexibility index (Phi) is 2.71. The highest BCUT2D eigenvalue weighted by Crippen LogP contribution is 2.38. The van der Waals surface area contributed by atoms with Gasteiger partial charge in [0.05, 0.1) is 5.56 Å². The van der Waals surface area contributed by atoms with Gasteiger partial charge in [-0.1, -0.05) is 12.1 Å². The Hall–Kier alpha value is -1.36. The van der Waals surface area contributed by atoms with Crippen LogP contribution in [0.4, 0.5) is 13.2 Å². The first-order chi connectivity index (χ1) is 7.52. The smallest absolute Gasteiger partial charge is 0.303 e. The molecule has 0 bridgehead atoms. The normalized spacial score (nSPS) is 11.9. The lowest BCUT2D eigenvalue weighted by Crippen LogP contribution is -2.04. The molecule has 0 unspecified atom stereocenters. The maximum Gasteiger partial charge on any atom is 0.417 e. The Morgan fingerprint density at radius 3 is 2.69 bits per heavy atom. The molecule has 1 heterocycles. The van der Waals surface area contributed by atoms with Crippen LogP contribution in [0.1, 0.15) is 10.4 Å². The molecule has 0 fully saturated rings. The Morgan fingerprint density at radius 1 is 1.31 bits per heavy atom. The van der Waals surface area contributed by atoms with E-state index in [-0.39, 0.29) is 11.1 Å². The van der Waals surface area contributed by atoms with Gasteiger partial charge in [-0.2, -0.15) is 13.2 Å². The second kappa shape index (κ2) is 3.90. The van der Waals surface area contributed by atoms with Crippen LogP contribution in [0.3, 0.4) is 0 Å². The average molecular weight is 244 g/mol. The third-order valence-corrected chi connectivity index (χ3v) is 3.39. The first-order valence-corrected chi connectivity index (χ1v) is 5.36. The number of hydrogen-bond acceptors (Lipinski definition) is 2. The van der Waals surface area contributed by atoms with Crippen molar-refractivity contribution in [2.75, 3.05) is 0 Å². The summed E-state index contributed by atoms with van der Waals surface area (Å²) in [6, 6.07) is 5.69. The van der Waals surface area contributed by atoms with Crippen LogP contribution >= 0.6 is 11.3 Å². The lowest BCUT2D eigenvalue weighted by molar-refractivity contribution is -0.136. The predicted molar refractivity (Wildman–Crippen MR) is 56.6 cm³/mol. The molecule has 0 spiro atoms. The van der Waals surface area contributed by atoms with Crippen molar-refractivity contribution in [1.82, 2.24) is 0 Å². The van der Waals surface area contributed by atoms with Gasteiger partial charge < -0.3 is 4.79 Å². The van der Waals surface area contributed by atoms with Crippen LogP contribution in [0.25, 0.3) is 10.1 Å². The fraction of sp³-hybridized carbons (Fsp3) is 0.182. The zero-order valence-corrected chi connectivity index (χ0v) is 8.86. The molecule has 0 aliphatic heterocycles. The second-order valence-corrected chi connectivity index (χ2v) is 4.44. The molecular formula is C11H7F3OS. The minimum Gasteiger partial charge on any atom is -0.303 e. The lowest BCUT2D eigenvalue weighted by atomic mass is 10.1. The SMILES string of the molecule is O=CCc1cc2cccc(C(F)(F)F)c2s1. The number of hydrogen-bond donors (Lipinski definition) is 0. The van der Waals surface area contributed by atoms with Crippen molar-refractivity contribution in [3.8, 4) is 0 Å². The number of carbonyl (C=O) groups excluding carboxylic acids is 1. The summed E-state index contributed by atoms with van der Waals surface area (Å²) in [4.78, 5) is 11.0. The van der Waals surface area contributed by atoms with Crippen LogP contribution in [-0.4, -0.2) is 6.29 Å². The maximum atomic E-state index is 12.7.